The molecule has 0 aromatic heterocycles. The van der Waals surface area contributed by atoms with Gasteiger partial charge >= 0.3 is 6.09 Å². The SMILES string of the molecule is [B]C(=O)CCCCCSCNC(=O)C(C)NC(=O)C(C)NC(=O)C(C)NC(=O)OCC1c2ccccc2-c2ccccc21. The molecule has 1 aliphatic rings. The molecule has 2 radical (unpaired) electrons. The Morgan fingerprint density at radius 1 is 0.767 bits per heavy atom. The summed E-state index contributed by atoms with van der Waals surface area (Å²) in [5, 5.41) is 10.4. The fraction of sp³-hybridized carbons (Fsp3) is 0.452. The van der Waals surface area contributed by atoms with Gasteiger partial charge in [-0.2, -0.15) is 0 Å². The van der Waals surface area contributed by atoms with Crippen molar-refractivity contribution in [2.75, 3.05) is 18.2 Å². The quantitative estimate of drug-likeness (QED) is 0.131. The molecule has 10 nitrogen and oxygen atoms in total. The number of amides is 4. The first kappa shape index (κ1) is 33.7. The molecule has 3 atom stereocenters. The summed E-state index contributed by atoms with van der Waals surface area (Å²) in [5.41, 5.74) is 4.09. The standard InChI is InChI=1S/C31H39BN4O6S/c1-19(28(38)33-18-43-16-10-4-5-15-27(32)37)34-29(39)20(2)35-30(40)21(3)36-31(41)42-17-26-24-13-8-6-11-22(24)23-12-7-9-14-25(23)26/h6-9,11-14,19-21,26H,4-5,10,15-18H2,1-3H3,(H,33,38)(H,34,39)(H,35,40)(H,36,41). The molecule has 0 fully saturated rings. The molecule has 0 heterocycles. The van der Waals surface area contributed by atoms with Gasteiger partial charge in [0.25, 0.3) is 0 Å². The van der Waals surface area contributed by atoms with Crippen LogP contribution in [0.3, 0.4) is 0 Å². The minimum atomic E-state index is -0.959. The number of thioether (sulfide) groups is 1. The maximum absolute atomic E-state index is 12.6. The van der Waals surface area contributed by atoms with Crippen LogP contribution in [0.1, 0.15) is 63.5 Å². The highest BCUT2D eigenvalue weighted by Crippen LogP contribution is 2.44. The predicted molar refractivity (Wildman–Crippen MR) is 168 cm³/mol. The molecule has 0 saturated heterocycles. The second kappa shape index (κ2) is 16.7. The van der Waals surface area contributed by atoms with E-state index in [2.05, 4.69) is 21.3 Å². The second-order valence-electron chi connectivity index (χ2n) is 10.5. The summed E-state index contributed by atoms with van der Waals surface area (Å²) in [6, 6.07) is 13.3. The summed E-state index contributed by atoms with van der Waals surface area (Å²) >= 11 is 1.54. The predicted octanol–water partition coefficient (Wildman–Crippen LogP) is 2.99. The fourth-order valence-corrected chi connectivity index (χ4v) is 5.51. The molecule has 12 heteroatoms. The van der Waals surface area contributed by atoms with Gasteiger partial charge in [-0.15, -0.1) is 11.8 Å². The first-order chi connectivity index (χ1) is 20.6. The van der Waals surface area contributed by atoms with Crippen LogP contribution in [0.25, 0.3) is 11.1 Å². The van der Waals surface area contributed by atoms with Gasteiger partial charge in [0.1, 0.15) is 24.7 Å². The Labute approximate surface area is 258 Å². The van der Waals surface area contributed by atoms with Gasteiger partial charge in [-0.3, -0.25) is 14.4 Å². The van der Waals surface area contributed by atoms with Gasteiger partial charge in [-0.05, 0) is 68.0 Å². The molecule has 43 heavy (non-hydrogen) atoms. The fourth-order valence-electron chi connectivity index (χ4n) is 4.72. The molecule has 2 aromatic rings. The topological polar surface area (TPSA) is 143 Å². The number of ether oxygens (including phenoxy) is 1. The lowest BCUT2D eigenvalue weighted by molar-refractivity contribution is -0.131. The maximum atomic E-state index is 12.6. The number of carbonyl (C=O) groups excluding carboxylic acids is 5. The number of fused-ring (bicyclic) bond motifs is 3. The Bertz CT molecular complexity index is 1260. The summed E-state index contributed by atoms with van der Waals surface area (Å²) in [6.07, 6.45) is 2.19. The molecule has 0 bridgehead atoms. The number of carbonyl (C=O) groups is 5. The largest absolute Gasteiger partial charge is 0.449 e. The molecule has 0 saturated carbocycles. The van der Waals surface area contributed by atoms with Crippen LogP contribution in [-0.4, -0.2) is 73.7 Å². The Balaban J connectivity index is 1.35. The number of rotatable bonds is 16. The van der Waals surface area contributed by atoms with E-state index in [0.717, 1.165) is 47.3 Å². The van der Waals surface area contributed by atoms with E-state index in [4.69, 9.17) is 12.6 Å². The summed E-state index contributed by atoms with van der Waals surface area (Å²) in [4.78, 5) is 60.8. The van der Waals surface area contributed by atoms with Crippen molar-refractivity contribution in [1.82, 2.24) is 21.3 Å². The van der Waals surface area contributed by atoms with Crippen LogP contribution >= 0.6 is 11.8 Å². The number of nitrogens with one attached hydrogen (secondary N) is 4. The van der Waals surface area contributed by atoms with Gasteiger partial charge in [0.05, 0.1) is 11.6 Å². The Morgan fingerprint density at radius 2 is 1.30 bits per heavy atom. The molecular weight excluding hydrogens is 567 g/mol. The van der Waals surface area contributed by atoms with Crippen molar-refractivity contribution in [3.63, 3.8) is 0 Å². The number of unbranched alkanes of at least 4 members (excludes halogenated alkanes) is 2. The van der Waals surface area contributed by atoms with Crippen LogP contribution in [0.15, 0.2) is 48.5 Å². The van der Waals surface area contributed by atoms with Crippen LogP contribution in [0.5, 0.6) is 0 Å². The van der Waals surface area contributed by atoms with Crippen molar-refractivity contribution in [3.05, 3.63) is 59.7 Å². The van der Waals surface area contributed by atoms with Gasteiger partial charge in [0, 0.05) is 5.92 Å². The van der Waals surface area contributed by atoms with E-state index in [1.54, 1.807) is 18.7 Å². The number of benzene rings is 2. The maximum Gasteiger partial charge on any atom is 0.407 e. The first-order valence-electron chi connectivity index (χ1n) is 14.4. The van der Waals surface area contributed by atoms with Gasteiger partial charge in [-0.1, -0.05) is 55.0 Å². The molecule has 1 aliphatic carbocycles. The zero-order valence-corrected chi connectivity index (χ0v) is 25.6. The summed E-state index contributed by atoms with van der Waals surface area (Å²) in [7, 11) is 5.11. The third-order valence-electron chi connectivity index (χ3n) is 7.14. The van der Waals surface area contributed by atoms with Crippen molar-refractivity contribution < 1.29 is 28.7 Å². The average Bonchev–Trinajstić information content (AvgIpc) is 3.30. The third kappa shape index (κ3) is 10.2. The summed E-state index contributed by atoms with van der Waals surface area (Å²) in [6.45, 7) is 4.65. The van der Waals surface area contributed by atoms with E-state index >= 15 is 0 Å². The molecular formula is C31H39BN4O6S. The van der Waals surface area contributed by atoms with Crippen molar-refractivity contribution in [2.24, 2.45) is 0 Å². The first-order valence-corrected chi connectivity index (χ1v) is 15.6. The van der Waals surface area contributed by atoms with E-state index in [1.807, 2.05) is 48.5 Å². The Kier molecular flexibility index (Phi) is 13.1. The third-order valence-corrected chi connectivity index (χ3v) is 8.06. The van der Waals surface area contributed by atoms with Crippen LogP contribution in [-0.2, 0) is 23.9 Å². The highest BCUT2D eigenvalue weighted by Gasteiger charge is 2.30. The molecule has 2 aromatic carbocycles. The van der Waals surface area contributed by atoms with E-state index in [0.29, 0.717) is 12.3 Å². The van der Waals surface area contributed by atoms with E-state index in [1.165, 1.54) is 13.8 Å². The lowest BCUT2D eigenvalue weighted by atomic mass is 9.97. The molecule has 4 amide bonds. The molecule has 4 N–H and O–H groups in total. The van der Waals surface area contributed by atoms with E-state index < -0.39 is 36.0 Å². The van der Waals surface area contributed by atoms with E-state index in [9.17, 15) is 24.0 Å². The van der Waals surface area contributed by atoms with Crippen LogP contribution in [0.4, 0.5) is 4.79 Å². The smallest absolute Gasteiger partial charge is 0.407 e. The highest BCUT2D eigenvalue weighted by atomic mass is 32.2. The molecule has 3 unspecified atom stereocenters. The number of hydrogen-bond donors (Lipinski definition) is 4. The summed E-state index contributed by atoms with van der Waals surface area (Å²) in [5.74, 6) is -0.348. The van der Waals surface area contributed by atoms with Crippen LogP contribution in [0.2, 0.25) is 0 Å². The second-order valence-corrected chi connectivity index (χ2v) is 11.6. The number of hydrogen-bond acceptors (Lipinski definition) is 7. The zero-order valence-electron chi connectivity index (χ0n) is 24.8. The summed E-state index contributed by atoms with van der Waals surface area (Å²) < 4.78 is 5.49. The number of alkyl carbamates (subject to hydrolysis) is 1. The highest BCUT2D eigenvalue weighted by molar-refractivity contribution is 7.99. The van der Waals surface area contributed by atoms with Gasteiger partial charge in [0.15, 0.2) is 7.85 Å². The normalized spacial score (nSPS) is 13.9. The minimum absolute atomic E-state index is 0.108. The Morgan fingerprint density at radius 3 is 1.88 bits per heavy atom. The van der Waals surface area contributed by atoms with Crippen LogP contribution < -0.4 is 21.3 Å². The van der Waals surface area contributed by atoms with Crippen molar-refractivity contribution in [1.29, 1.82) is 0 Å². The van der Waals surface area contributed by atoms with Crippen molar-refractivity contribution >= 4 is 49.1 Å². The molecule has 228 valence electrons. The van der Waals surface area contributed by atoms with Crippen molar-refractivity contribution in [2.45, 2.75) is 70.5 Å². The molecule has 0 aliphatic heterocycles. The van der Waals surface area contributed by atoms with Gasteiger partial charge in [-0.25, -0.2) is 4.79 Å². The molecule has 3 rings (SSSR count). The molecule has 0 spiro atoms. The minimum Gasteiger partial charge on any atom is -0.449 e. The lowest BCUT2D eigenvalue weighted by Gasteiger charge is -2.21. The van der Waals surface area contributed by atoms with Gasteiger partial charge in [0.2, 0.25) is 17.7 Å². The average molecular weight is 607 g/mol. The van der Waals surface area contributed by atoms with Crippen molar-refractivity contribution in [3.8, 4) is 11.1 Å². The Hall–Kier alpha value is -3.80. The lowest BCUT2D eigenvalue weighted by Crippen LogP contribution is -2.54. The monoisotopic (exact) mass is 606 g/mol. The van der Waals surface area contributed by atoms with Crippen LogP contribution in [0, 0.1) is 0 Å². The van der Waals surface area contributed by atoms with Gasteiger partial charge < -0.3 is 30.8 Å². The van der Waals surface area contributed by atoms with E-state index in [-0.39, 0.29) is 24.1 Å². The zero-order chi connectivity index (χ0) is 31.4.